The Bertz CT molecular complexity index is 1080. The molecular weight excluding hydrogens is 436 g/mol. The summed E-state index contributed by atoms with van der Waals surface area (Å²) in [6.07, 6.45) is 2.71. The topological polar surface area (TPSA) is 49.9 Å². The molecule has 0 aromatic heterocycles. The summed E-state index contributed by atoms with van der Waals surface area (Å²) in [7, 11) is 0. The highest BCUT2D eigenvalue weighted by Gasteiger charge is 2.47. The molecule has 35 heavy (non-hydrogen) atoms. The average molecular weight is 469 g/mol. The minimum atomic E-state index is -0.486. The van der Waals surface area contributed by atoms with Crippen LogP contribution in [-0.4, -0.2) is 60.8 Å². The van der Waals surface area contributed by atoms with Gasteiger partial charge >= 0.3 is 0 Å². The number of hydrogen-bond acceptors (Lipinski definition) is 4. The molecule has 2 aliphatic rings. The zero-order valence-corrected chi connectivity index (χ0v) is 20.0. The van der Waals surface area contributed by atoms with E-state index in [-0.39, 0.29) is 18.6 Å². The molecule has 0 saturated carbocycles. The van der Waals surface area contributed by atoms with Crippen LogP contribution in [0.4, 0.5) is 0 Å². The Morgan fingerprint density at radius 2 is 1.49 bits per heavy atom. The summed E-state index contributed by atoms with van der Waals surface area (Å²) in [6, 6.07) is 30.2. The number of piperidine rings is 1. The molecule has 1 amide bonds. The van der Waals surface area contributed by atoms with E-state index in [2.05, 4.69) is 29.2 Å². The van der Waals surface area contributed by atoms with Gasteiger partial charge in [0, 0.05) is 12.0 Å². The molecule has 2 fully saturated rings. The molecule has 2 heterocycles. The van der Waals surface area contributed by atoms with Crippen LogP contribution >= 0.6 is 0 Å². The van der Waals surface area contributed by atoms with Crippen molar-refractivity contribution in [2.75, 3.05) is 32.8 Å². The summed E-state index contributed by atoms with van der Waals surface area (Å²) in [5, 5.41) is 0. The predicted molar refractivity (Wildman–Crippen MR) is 136 cm³/mol. The van der Waals surface area contributed by atoms with Crippen LogP contribution in [0.5, 0.6) is 0 Å². The third-order valence-corrected chi connectivity index (χ3v) is 7.55. The van der Waals surface area contributed by atoms with Gasteiger partial charge in [-0.25, -0.2) is 0 Å². The molecule has 0 spiro atoms. The second kappa shape index (κ2) is 10.5. The fourth-order valence-electron chi connectivity index (χ4n) is 5.83. The van der Waals surface area contributed by atoms with Crippen LogP contribution in [0, 0.1) is 0 Å². The van der Waals surface area contributed by atoms with E-state index in [0.29, 0.717) is 19.7 Å². The minimum absolute atomic E-state index is 0.0537. The van der Waals surface area contributed by atoms with Crippen molar-refractivity contribution >= 4 is 12.2 Å². The van der Waals surface area contributed by atoms with Crippen molar-refractivity contribution in [1.82, 2.24) is 9.80 Å². The van der Waals surface area contributed by atoms with Gasteiger partial charge < -0.3 is 14.4 Å². The molecule has 2 unspecified atom stereocenters. The Kier molecular flexibility index (Phi) is 7.07. The van der Waals surface area contributed by atoms with Gasteiger partial charge in [-0.3, -0.25) is 9.69 Å². The van der Waals surface area contributed by atoms with Crippen molar-refractivity contribution in [2.24, 2.45) is 0 Å². The Balaban J connectivity index is 1.40. The van der Waals surface area contributed by atoms with E-state index in [1.807, 2.05) is 71.6 Å². The first kappa shape index (κ1) is 23.5. The molecule has 0 N–H and O–H groups in total. The van der Waals surface area contributed by atoms with Gasteiger partial charge in [-0.2, -0.15) is 0 Å². The summed E-state index contributed by atoms with van der Waals surface area (Å²) in [6.45, 7) is 2.57. The molecule has 5 rings (SSSR count). The highest BCUT2D eigenvalue weighted by molar-refractivity contribution is 5.79. The van der Waals surface area contributed by atoms with Crippen molar-refractivity contribution in [3.8, 4) is 0 Å². The van der Waals surface area contributed by atoms with Crippen LogP contribution in [0.15, 0.2) is 91.0 Å². The molecule has 0 aliphatic carbocycles. The molecular formula is C30H32N2O3. The first-order valence-electron chi connectivity index (χ1n) is 12.5. The van der Waals surface area contributed by atoms with Crippen molar-refractivity contribution in [2.45, 2.75) is 30.4 Å². The fraction of sp³-hybridized carbons (Fsp3) is 0.333. The van der Waals surface area contributed by atoms with Crippen LogP contribution < -0.4 is 0 Å². The van der Waals surface area contributed by atoms with E-state index in [9.17, 15) is 9.59 Å². The number of carbonyl (C=O) groups excluding carboxylic acids is 2. The van der Waals surface area contributed by atoms with E-state index < -0.39 is 11.5 Å². The molecule has 0 radical (unpaired) electrons. The van der Waals surface area contributed by atoms with Gasteiger partial charge in [0.1, 0.15) is 12.4 Å². The first-order valence-corrected chi connectivity index (χ1v) is 12.5. The molecule has 5 nitrogen and oxygen atoms in total. The van der Waals surface area contributed by atoms with Crippen LogP contribution in [0.25, 0.3) is 0 Å². The molecule has 0 bridgehead atoms. The van der Waals surface area contributed by atoms with Crippen LogP contribution in [0.2, 0.25) is 0 Å². The number of ether oxygens (including phenoxy) is 1. The van der Waals surface area contributed by atoms with Crippen molar-refractivity contribution in [3.05, 3.63) is 108 Å². The highest BCUT2D eigenvalue weighted by atomic mass is 16.5. The number of morpholine rings is 1. The Morgan fingerprint density at radius 3 is 2.09 bits per heavy atom. The third kappa shape index (κ3) is 4.66. The van der Waals surface area contributed by atoms with E-state index in [1.165, 1.54) is 0 Å². The van der Waals surface area contributed by atoms with E-state index >= 15 is 0 Å². The first-order chi connectivity index (χ1) is 17.2. The number of hydrogen-bond donors (Lipinski definition) is 0. The van der Waals surface area contributed by atoms with Gasteiger partial charge in [-0.1, -0.05) is 91.0 Å². The summed E-state index contributed by atoms with van der Waals surface area (Å²) >= 11 is 0. The lowest BCUT2D eigenvalue weighted by atomic mass is 9.64. The number of amides is 1. The lowest BCUT2D eigenvalue weighted by Crippen LogP contribution is -2.59. The van der Waals surface area contributed by atoms with Gasteiger partial charge in [0.2, 0.25) is 5.91 Å². The number of rotatable bonds is 6. The normalized spacial score (nSPS) is 22.5. The highest BCUT2D eigenvalue weighted by Crippen LogP contribution is 2.44. The number of benzene rings is 3. The largest absolute Gasteiger partial charge is 0.370 e. The second-order valence-corrected chi connectivity index (χ2v) is 9.47. The van der Waals surface area contributed by atoms with Gasteiger partial charge in [0.15, 0.2) is 0 Å². The van der Waals surface area contributed by atoms with Gasteiger partial charge in [-0.15, -0.1) is 0 Å². The Morgan fingerprint density at radius 1 is 0.886 bits per heavy atom. The molecule has 2 atom stereocenters. The standard InChI is InChI=1S/C30H32N2O3/c33-23-28-30(25-13-6-2-7-14-25,26-15-8-3-9-16-26)17-10-18-31(28)22-29(34)32-19-20-35-27(21-32)24-11-4-1-5-12-24/h1-9,11-16,23,27-28H,10,17-22H2. The molecule has 5 heteroatoms. The Labute approximate surface area is 207 Å². The third-order valence-electron chi connectivity index (χ3n) is 7.55. The second-order valence-electron chi connectivity index (χ2n) is 9.47. The minimum Gasteiger partial charge on any atom is -0.370 e. The number of aldehydes is 1. The zero-order valence-electron chi connectivity index (χ0n) is 20.0. The lowest BCUT2D eigenvalue weighted by molar-refractivity contribution is -0.142. The smallest absolute Gasteiger partial charge is 0.236 e. The maximum absolute atomic E-state index is 13.5. The quantitative estimate of drug-likeness (QED) is 0.508. The van der Waals surface area contributed by atoms with Gasteiger partial charge in [-0.05, 0) is 36.1 Å². The van der Waals surface area contributed by atoms with E-state index in [0.717, 1.165) is 42.4 Å². The monoisotopic (exact) mass is 468 g/mol. The van der Waals surface area contributed by atoms with Crippen molar-refractivity contribution < 1.29 is 14.3 Å². The van der Waals surface area contributed by atoms with Crippen LogP contribution in [0.3, 0.4) is 0 Å². The summed E-state index contributed by atoms with van der Waals surface area (Å²) in [4.78, 5) is 30.2. The van der Waals surface area contributed by atoms with Crippen LogP contribution in [0.1, 0.15) is 35.6 Å². The summed E-state index contributed by atoms with van der Waals surface area (Å²) < 4.78 is 5.96. The van der Waals surface area contributed by atoms with Gasteiger partial charge in [0.25, 0.3) is 0 Å². The van der Waals surface area contributed by atoms with E-state index in [1.54, 1.807) is 0 Å². The molecule has 2 saturated heterocycles. The maximum Gasteiger partial charge on any atom is 0.236 e. The molecule has 3 aromatic rings. The summed E-state index contributed by atoms with van der Waals surface area (Å²) in [5.74, 6) is 0.0537. The number of nitrogens with zero attached hydrogens (tertiary/aromatic N) is 2. The number of likely N-dealkylation sites (tertiary alicyclic amines) is 1. The number of carbonyl (C=O) groups is 2. The zero-order chi connectivity index (χ0) is 24.1. The summed E-state index contributed by atoms with van der Waals surface area (Å²) in [5.41, 5.74) is 2.84. The fourth-order valence-corrected chi connectivity index (χ4v) is 5.83. The van der Waals surface area contributed by atoms with Crippen molar-refractivity contribution in [3.63, 3.8) is 0 Å². The maximum atomic E-state index is 13.5. The lowest BCUT2D eigenvalue weighted by Gasteiger charge is -2.49. The predicted octanol–water partition coefficient (Wildman–Crippen LogP) is 4.24. The van der Waals surface area contributed by atoms with Crippen molar-refractivity contribution in [1.29, 1.82) is 0 Å². The SMILES string of the molecule is O=CC1N(CC(=O)N2CCOC(c3ccccc3)C2)CCCC1(c1ccccc1)c1ccccc1. The molecule has 2 aliphatic heterocycles. The Hall–Kier alpha value is -3.28. The van der Waals surface area contributed by atoms with Gasteiger partial charge in [0.05, 0.1) is 25.7 Å². The average Bonchev–Trinajstić information content (AvgIpc) is 2.94. The molecule has 180 valence electrons. The van der Waals surface area contributed by atoms with Crippen LogP contribution in [-0.2, 0) is 19.7 Å². The van der Waals surface area contributed by atoms with E-state index in [4.69, 9.17) is 4.74 Å². The molecule has 3 aromatic carbocycles.